The maximum atomic E-state index is 13.5. The predicted octanol–water partition coefficient (Wildman–Crippen LogP) is 3.61. The molecule has 2 atom stereocenters. The van der Waals surface area contributed by atoms with Gasteiger partial charge >= 0.3 is 0 Å². The third kappa shape index (κ3) is 4.28. The van der Waals surface area contributed by atoms with Crippen molar-refractivity contribution in [1.82, 2.24) is 5.32 Å². The Bertz CT molecular complexity index is 337. The third-order valence-electron chi connectivity index (χ3n) is 2.66. The predicted molar refractivity (Wildman–Crippen MR) is 70.3 cm³/mol. The molecule has 4 heteroatoms. The number of halogens is 2. The van der Waals surface area contributed by atoms with Crippen LogP contribution in [-0.2, 0) is 0 Å². The molecule has 0 saturated carbocycles. The summed E-state index contributed by atoms with van der Waals surface area (Å²) < 4.78 is 27.0. The Kier molecular flexibility index (Phi) is 5.92. The standard InChI is InChI=1S/C13H19F2NS/c1-9(8-17-3)7-16-10(2)13-11(14)5-4-6-12(13)15/h4-6,9-10,16H,7-8H2,1-3H3. The first-order chi connectivity index (χ1) is 8.06. The highest BCUT2D eigenvalue weighted by atomic mass is 32.2. The first-order valence-electron chi connectivity index (χ1n) is 5.72. The fraction of sp³-hybridized carbons (Fsp3) is 0.538. The van der Waals surface area contributed by atoms with Gasteiger partial charge in [-0.2, -0.15) is 11.8 Å². The van der Waals surface area contributed by atoms with E-state index in [1.165, 1.54) is 18.2 Å². The molecule has 96 valence electrons. The molecule has 0 spiro atoms. The van der Waals surface area contributed by atoms with Crippen molar-refractivity contribution in [1.29, 1.82) is 0 Å². The van der Waals surface area contributed by atoms with Gasteiger partial charge in [-0.15, -0.1) is 0 Å². The molecule has 0 heterocycles. The van der Waals surface area contributed by atoms with Crippen molar-refractivity contribution in [3.63, 3.8) is 0 Å². The van der Waals surface area contributed by atoms with Crippen LogP contribution in [0.5, 0.6) is 0 Å². The highest BCUT2D eigenvalue weighted by Gasteiger charge is 2.15. The Morgan fingerprint density at radius 2 is 1.82 bits per heavy atom. The van der Waals surface area contributed by atoms with E-state index in [0.29, 0.717) is 5.92 Å². The summed E-state index contributed by atoms with van der Waals surface area (Å²) in [4.78, 5) is 0. The van der Waals surface area contributed by atoms with E-state index < -0.39 is 11.6 Å². The van der Waals surface area contributed by atoms with Crippen LogP contribution in [0.3, 0.4) is 0 Å². The van der Waals surface area contributed by atoms with Crippen LogP contribution in [0.25, 0.3) is 0 Å². The Morgan fingerprint density at radius 1 is 1.24 bits per heavy atom. The van der Waals surface area contributed by atoms with E-state index in [9.17, 15) is 8.78 Å². The highest BCUT2D eigenvalue weighted by Crippen LogP contribution is 2.20. The van der Waals surface area contributed by atoms with Gasteiger partial charge in [-0.1, -0.05) is 13.0 Å². The molecular weight excluding hydrogens is 240 g/mol. The molecular formula is C13H19F2NS. The van der Waals surface area contributed by atoms with Crippen LogP contribution in [0.2, 0.25) is 0 Å². The summed E-state index contributed by atoms with van der Waals surface area (Å²) in [6.07, 6.45) is 2.05. The molecule has 1 N–H and O–H groups in total. The molecule has 2 unspecified atom stereocenters. The Labute approximate surface area is 106 Å². The molecule has 0 radical (unpaired) electrons. The van der Waals surface area contributed by atoms with Crippen LogP contribution >= 0.6 is 11.8 Å². The fourth-order valence-corrected chi connectivity index (χ4v) is 2.43. The number of rotatable bonds is 6. The number of benzene rings is 1. The molecule has 0 fully saturated rings. The minimum absolute atomic E-state index is 0.129. The number of nitrogens with one attached hydrogen (secondary N) is 1. The number of thioether (sulfide) groups is 1. The molecule has 1 nitrogen and oxygen atoms in total. The molecule has 0 aliphatic heterocycles. The van der Waals surface area contributed by atoms with E-state index in [1.807, 2.05) is 0 Å². The molecule has 1 aromatic rings. The SMILES string of the molecule is CSCC(C)CNC(C)c1c(F)cccc1F. The largest absolute Gasteiger partial charge is 0.310 e. The van der Waals surface area contributed by atoms with E-state index in [4.69, 9.17) is 0 Å². The molecule has 0 amide bonds. The first-order valence-corrected chi connectivity index (χ1v) is 7.11. The Balaban J connectivity index is 2.61. The van der Waals surface area contributed by atoms with Gasteiger partial charge in [-0.3, -0.25) is 0 Å². The summed E-state index contributed by atoms with van der Waals surface area (Å²) in [5.41, 5.74) is 0.129. The Morgan fingerprint density at radius 3 is 2.35 bits per heavy atom. The smallest absolute Gasteiger partial charge is 0.130 e. The summed E-state index contributed by atoms with van der Waals surface area (Å²) in [6, 6.07) is 3.67. The molecule has 17 heavy (non-hydrogen) atoms. The summed E-state index contributed by atoms with van der Waals surface area (Å²) in [5, 5.41) is 3.17. The minimum Gasteiger partial charge on any atom is -0.310 e. The summed E-state index contributed by atoms with van der Waals surface area (Å²) in [6.45, 7) is 4.66. The van der Waals surface area contributed by atoms with Crippen molar-refractivity contribution in [2.24, 2.45) is 5.92 Å². The molecule has 1 rings (SSSR count). The molecule has 0 saturated heterocycles. The van der Waals surface area contributed by atoms with Gasteiger partial charge in [0, 0.05) is 11.6 Å². The maximum Gasteiger partial charge on any atom is 0.130 e. The lowest BCUT2D eigenvalue weighted by molar-refractivity contribution is 0.459. The zero-order valence-corrected chi connectivity index (χ0v) is 11.3. The van der Waals surface area contributed by atoms with Gasteiger partial charge in [0.05, 0.1) is 0 Å². The van der Waals surface area contributed by atoms with Crippen LogP contribution in [0.4, 0.5) is 8.78 Å². The van der Waals surface area contributed by atoms with Gasteiger partial charge in [0.25, 0.3) is 0 Å². The zero-order valence-electron chi connectivity index (χ0n) is 10.5. The van der Waals surface area contributed by atoms with Crippen molar-refractivity contribution in [2.45, 2.75) is 19.9 Å². The van der Waals surface area contributed by atoms with Gasteiger partial charge in [0.2, 0.25) is 0 Å². The molecule has 0 aliphatic carbocycles. The van der Waals surface area contributed by atoms with E-state index >= 15 is 0 Å². The van der Waals surface area contributed by atoms with E-state index in [2.05, 4.69) is 18.5 Å². The van der Waals surface area contributed by atoms with Crippen molar-refractivity contribution >= 4 is 11.8 Å². The molecule has 0 aromatic heterocycles. The summed E-state index contributed by atoms with van der Waals surface area (Å²) in [7, 11) is 0. The van der Waals surface area contributed by atoms with Crippen LogP contribution < -0.4 is 5.32 Å². The highest BCUT2D eigenvalue weighted by molar-refractivity contribution is 7.98. The number of hydrogen-bond acceptors (Lipinski definition) is 2. The van der Waals surface area contributed by atoms with E-state index in [-0.39, 0.29) is 11.6 Å². The van der Waals surface area contributed by atoms with Gasteiger partial charge in [-0.05, 0) is 43.5 Å². The average Bonchev–Trinajstić information content (AvgIpc) is 2.26. The van der Waals surface area contributed by atoms with Crippen LogP contribution in [0, 0.1) is 17.6 Å². The lowest BCUT2D eigenvalue weighted by atomic mass is 10.1. The molecule has 0 bridgehead atoms. The normalized spacial score (nSPS) is 14.6. The van der Waals surface area contributed by atoms with E-state index in [0.717, 1.165) is 12.3 Å². The van der Waals surface area contributed by atoms with Gasteiger partial charge in [0.1, 0.15) is 11.6 Å². The first kappa shape index (κ1) is 14.5. The fourth-order valence-electron chi connectivity index (χ4n) is 1.75. The van der Waals surface area contributed by atoms with Crippen molar-refractivity contribution in [2.75, 3.05) is 18.6 Å². The zero-order chi connectivity index (χ0) is 12.8. The van der Waals surface area contributed by atoms with Gasteiger partial charge in [-0.25, -0.2) is 8.78 Å². The second kappa shape index (κ2) is 6.97. The summed E-state index contributed by atoms with van der Waals surface area (Å²) >= 11 is 1.78. The van der Waals surface area contributed by atoms with Crippen LogP contribution in [0.15, 0.2) is 18.2 Å². The maximum absolute atomic E-state index is 13.5. The van der Waals surface area contributed by atoms with Crippen LogP contribution in [0.1, 0.15) is 25.5 Å². The van der Waals surface area contributed by atoms with Crippen molar-refractivity contribution in [3.05, 3.63) is 35.4 Å². The van der Waals surface area contributed by atoms with Gasteiger partial charge in [0.15, 0.2) is 0 Å². The minimum atomic E-state index is -0.484. The van der Waals surface area contributed by atoms with Gasteiger partial charge < -0.3 is 5.32 Å². The second-order valence-electron chi connectivity index (χ2n) is 4.33. The number of hydrogen-bond donors (Lipinski definition) is 1. The topological polar surface area (TPSA) is 12.0 Å². The second-order valence-corrected chi connectivity index (χ2v) is 5.24. The molecule has 1 aromatic carbocycles. The monoisotopic (exact) mass is 259 g/mol. The molecule has 0 aliphatic rings. The van der Waals surface area contributed by atoms with Crippen LogP contribution in [-0.4, -0.2) is 18.6 Å². The Hall–Kier alpha value is -0.610. The lowest BCUT2D eigenvalue weighted by Crippen LogP contribution is -2.26. The average molecular weight is 259 g/mol. The third-order valence-corrected chi connectivity index (χ3v) is 3.56. The van der Waals surface area contributed by atoms with Crippen molar-refractivity contribution < 1.29 is 8.78 Å². The van der Waals surface area contributed by atoms with E-state index in [1.54, 1.807) is 18.7 Å². The lowest BCUT2D eigenvalue weighted by Gasteiger charge is -2.18. The quantitative estimate of drug-likeness (QED) is 0.837. The van der Waals surface area contributed by atoms with Crippen molar-refractivity contribution in [3.8, 4) is 0 Å². The summed E-state index contributed by atoms with van der Waals surface area (Å²) in [5.74, 6) is 0.562.